The Bertz CT molecular complexity index is 953. The van der Waals surface area contributed by atoms with Gasteiger partial charge in [0.1, 0.15) is 0 Å². The van der Waals surface area contributed by atoms with Crippen molar-refractivity contribution in [3.8, 4) is 0 Å². The zero-order chi connectivity index (χ0) is 22.7. The number of carbonyl (C=O) groups is 2. The summed E-state index contributed by atoms with van der Waals surface area (Å²) in [4.78, 5) is 30.3. The Labute approximate surface area is 191 Å². The molecule has 32 heavy (non-hydrogen) atoms. The first-order valence-corrected chi connectivity index (χ1v) is 12.2. The zero-order valence-corrected chi connectivity index (χ0v) is 19.8. The van der Waals surface area contributed by atoms with Gasteiger partial charge in [0.25, 0.3) is 0 Å². The summed E-state index contributed by atoms with van der Waals surface area (Å²) in [5.41, 5.74) is 3.26. The van der Waals surface area contributed by atoms with Gasteiger partial charge in [-0.15, -0.1) is 0 Å². The normalized spacial score (nSPS) is 22.0. The molecule has 1 saturated carbocycles. The van der Waals surface area contributed by atoms with Crippen LogP contribution in [0.25, 0.3) is 5.65 Å². The van der Waals surface area contributed by atoms with Gasteiger partial charge in [-0.1, -0.05) is 20.8 Å². The molecule has 1 saturated heterocycles. The lowest BCUT2D eigenvalue weighted by atomic mass is 9.80. The number of nitrogens with zero attached hydrogens (tertiary/aromatic N) is 4. The second kappa shape index (κ2) is 9.59. The summed E-state index contributed by atoms with van der Waals surface area (Å²) < 4.78 is 2.04. The molecule has 2 amide bonds. The van der Waals surface area contributed by atoms with Crippen molar-refractivity contribution >= 4 is 17.5 Å². The van der Waals surface area contributed by atoms with E-state index in [-0.39, 0.29) is 17.2 Å². The lowest BCUT2D eigenvalue weighted by Crippen LogP contribution is -2.32. The Morgan fingerprint density at radius 2 is 2.00 bits per heavy atom. The van der Waals surface area contributed by atoms with Crippen molar-refractivity contribution in [2.45, 2.75) is 83.5 Å². The third-order valence-electron chi connectivity index (χ3n) is 7.01. The molecule has 0 unspecified atom stereocenters. The van der Waals surface area contributed by atoms with Crippen molar-refractivity contribution < 1.29 is 9.59 Å². The summed E-state index contributed by atoms with van der Waals surface area (Å²) in [6, 6.07) is 4.22. The van der Waals surface area contributed by atoms with Crippen LogP contribution in [0, 0.1) is 5.92 Å². The van der Waals surface area contributed by atoms with E-state index in [1.54, 1.807) is 0 Å². The zero-order valence-electron chi connectivity index (χ0n) is 19.8. The molecule has 4 rings (SSSR count). The van der Waals surface area contributed by atoms with Crippen molar-refractivity contribution in [2.24, 2.45) is 5.92 Å². The molecule has 3 heterocycles. The van der Waals surface area contributed by atoms with Crippen LogP contribution < -0.4 is 5.32 Å². The molecule has 7 nitrogen and oxygen atoms in total. The van der Waals surface area contributed by atoms with E-state index in [1.165, 1.54) is 5.69 Å². The van der Waals surface area contributed by atoms with E-state index >= 15 is 0 Å². The Hall–Kier alpha value is -2.44. The largest absolute Gasteiger partial charge is 0.356 e. The van der Waals surface area contributed by atoms with Crippen LogP contribution in [0.1, 0.15) is 89.4 Å². The number of nitrogens with one attached hydrogen (secondary N) is 1. The summed E-state index contributed by atoms with van der Waals surface area (Å²) in [6.07, 6.45) is 9.24. The number of amides is 2. The lowest BCUT2D eigenvalue weighted by Gasteiger charge is -2.29. The van der Waals surface area contributed by atoms with E-state index in [4.69, 9.17) is 5.10 Å². The SMILES string of the molecule is CC(C)(C)c1cc2nccc(C3CCC(CNC(=O)CCCN4CCCC4=O)CC3)n2n1. The number of fused-ring (bicyclic) bond motifs is 1. The van der Waals surface area contributed by atoms with Crippen LogP contribution >= 0.6 is 0 Å². The Balaban J connectivity index is 1.23. The summed E-state index contributed by atoms with van der Waals surface area (Å²) in [5.74, 6) is 1.37. The van der Waals surface area contributed by atoms with E-state index in [1.807, 2.05) is 15.6 Å². The predicted octanol–water partition coefficient (Wildman–Crippen LogP) is 3.82. The molecule has 0 spiro atoms. The third kappa shape index (κ3) is 5.30. The highest BCUT2D eigenvalue weighted by molar-refractivity contribution is 5.78. The van der Waals surface area contributed by atoms with Crippen LogP contribution in [-0.4, -0.2) is 50.9 Å². The van der Waals surface area contributed by atoms with Crippen LogP contribution in [-0.2, 0) is 15.0 Å². The van der Waals surface area contributed by atoms with Gasteiger partial charge >= 0.3 is 0 Å². The van der Waals surface area contributed by atoms with Gasteiger partial charge in [0.2, 0.25) is 11.8 Å². The maximum Gasteiger partial charge on any atom is 0.222 e. The Morgan fingerprint density at radius 1 is 1.22 bits per heavy atom. The van der Waals surface area contributed by atoms with E-state index in [2.05, 4.69) is 43.2 Å². The summed E-state index contributed by atoms with van der Waals surface area (Å²) in [6.45, 7) is 8.86. The topological polar surface area (TPSA) is 79.6 Å². The van der Waals surface area contributed by atoms with Gasteiger partial charge in [0.15, 0.2) is 5.65 Å². The van der Waals surface area contributed by atoms with Gasteiger partial charge in [-0.25, -0.2) is 9.50 Å². The van der Waals surface area contributed by atoms with Crippen LogP contribution in [0.4, 0.5) is 0 Å². The number of hydrogen-bond acceptors (Lipinski definition) is 4. The number of aromatic nitrogens is 3. The Kier molecular flexibility index (Phi) is 6.82. The number of rotatable bonds is 7. The molecule has 0 atom stereocenters. The van der Waals surface area contributed by atoms with Crippen LogP contribution in [0.3, 0.4) is 0 Å². The fraction of sp³-hybridized carbons (Fsp3) is 0.680. The number of hydrogen-bond donors (Lipinski definition) is 1. The molecule has 2 aliphatic rings. The van der Waals surface area contributed by atoms with Gasteiger partial charge in [0.05, 0.1) is 5.69 Å². The van der Waals surface area contributed by atoms with E-state index < -0.39 is 0 Å². The quantitative estimate of drug-likeness (QED) is 0.711. The first kappa shape index (κ1) is 22.7. The molecule has 7 heteroatoms. The first-order chi connectivity index (χ1) is 15.3. The average molecular weight is 440 g/mol. The lowest BCUT2D eigenvalue weighted by molar-refractivity contribution is -0.128. The van der Waals surface area contributed by atoms with Crippen LogP contribution in [0.15, 0.2) is 18.3 Å². The molecule has 1 N–H and O–H groups in total. The third-order valence-corrected chi connectivity index (χ3v) is 7.01. The fourth-order valence-electron chi connectivity index (χ4n) is 4.97. The molecular weight excluding hydrogens is 402 g/mol. The highest BCUT2D eigenvalue weighted by atomic mass is 16.2. The highest BCUT2D eigenvalue weighted by Gasteiger charge is 2.26. The van der Waals surface area contributed by atoms with Gasteiger partial charge in [-0.2, -0.15) is 5.10 Å². The summed E-state index contributed by atoms with van der Waals surface area (Å²) >= 11 is 0. The standard InChI is InChI=1S/C25H37N5O2/c1-25(2,3)21-16-22-26-13-12-20(30(22)28-21)19-10-8-18(9-11-19)17-27-23(31)6-4-14-29-15-5-7-24(29)32/h12-13,16,18-19H,4-11,14-15,17H2,1-3H3,(H,27,31). The van der Waals surface area contributed by atoms with Crippen molar-refractivity contribution in [2.75, 3.05) is 19.6 Å². The molecule has 174 valence electrons. The van der Waals surface area contributed by atoms with Crippen LogP contribution in [0.5, 0.6) is 0 Å². The minimum atomic E-state index is 0.00481. The minimum Gasteiger partial charge on any atom is -0.356 e. The summed E-state index contributed by atoms with van der Waals surface area (Å²) in [7, 11) is 0. The molecule has 2 fully saturated rings. The van der Waals surface area contributed by atoms with Crippen molar-refractivity contribution in [1.82, 2.24) is 24.8 Å². The maximum atomic E-state index is 12.2. The van der Waals surface area contributed by atoms with Gasteiger partial charge in [0, 0.05) is 61.8 Å². The molecule has 0 bridgehead atoms. The van der Waals surface area contributed by atoms with E-state index in [0.717, 1.165) is 63.0 Å². The molecule has 0 aromatic carbocycles. The van der Waals surface area contributed by atoms with Crippen LogP contribution in [0.2, 0.25) is 0 Å². The van der Waals surface area contributed by atoms with Crippen molar-refractivity contribution in [3.63, 3.8) is 0 Å². The van der Waals surface area contributed by atoms with Gasteiger partial charge in [-0.05, 0) is 50.5 Å². The molecule has 1 aliphatic heterocycles. The molecule has 2 aromatic heterocycles. The monoisotopic (exact) mass is 439 g/mol. The molecule has 1 aliphatic carbocycles. The number of likely N-dealkylation sites (tertiary alicyclic amines) is 1. The second-order valence-electron chi connectivity index (χ2n) is 10.5. The predicted molar refractivity (Wildman–Crippen MR) is 124 cm³/mol. The van der Waals surface area contributed by atoms with Crippen molar-refractivity contribution in [3.05, 3.63) is 29.7 Å². The fourth-order valence-corrected chi connectivity index (χ4v) is 4.97. The maximum absolute atomic E-state index is 12.2. The first-order valence-electron chi connectivity index (χ1n) is 12.2. The van der Waals surface area contributed by atoms with E-state index in [0.29, 0.717) is 31.2 Å². The van der Waals surface area contributed by atoms with Gasteiger partial charge in [-0.3, -0.25) is 9.59 Å². The smallest absolute Gasteiger partial charge is 0.222 e. The molecule has 0 radical (unpaired) electrons. The van der Waals surface area contributed by atoms with E-state index in [9.17, 15) is 9.59 Å². The van der Waals surface area contributed by atoms with Crippen molar-refractivity contribution in [1.29, 1.82) is 0 Å². The van der Waals surface area contributed by atoms with Gasteiger partial charge < -0.3 is 10.2 Å². The average Bonchev–Trinajstić information content (AvgIpc) is 3.39. The Morgan fingerprint density at radius 3 is 2.69 bits per heavy atom. The molecule has 2 aromatic rings. The number of carbonyl (C=O) groups excluding carboxylic acids is 2. The second-order valence-corrected chi connectivity index (χ2v) is 10.5. The molecular formula is C25H37N5O2. The highest BCUT2D eigenvalue weighted by Crippen LogP contribution is 2.36. The summed E-state index contributed by atoms with van der Waals surface area (Å²) in [5, 5.41) is 8.00. The minimum absolute atomic E-state index is 0.00481.